The van der Waals surface area contributed by atoms with Crippen LogP contribution in [0, 0.1) is 11.3 Å². The number of anilines is 1. The zero-order valence-electron chi connectivity index (χ0n) is 17.2. The molecule has 0 bridgehead atoms. The first-order chi connectivity index (χ1) is 14.5. The predicted octanol–water partition coefficient (Wildman–Crippen LogP) is 3.56. The molecule has 0 atom stereocenters. The van der Waals surface area contributed by atoms with Crippen molar-refractivity contribution in [1.29, 1.82) is 5.26 Å². The highest BCUT2D eigenvalue weighted by Crippen LogP contribution is 2.25. The number of aryl methyl sites for hydroxylation is 2. The molecular formula is C22H23N5O2S. The summed E-state index contributed by atoms with van der Waals surface area (Å²) in [5.74, 6) is -0.415. The number of nitriles is 1. The first-order valence-corrected chi connectivity index (χ1v) is 10.8. The molecule has 0 fully saturated rings. The molecule has 0 aliphatic heterocycles. The Labute approximate surface area is 179 Å². The molecule has 0 aliphatic rings. The summed E-state index contributed by atoms with van der Waals surface area (Å²) in [7, 11) is 0. The molecule has 0 radical (unpaired) electrons. The van der Waals surface area contributed by atoms with Gasteiger partial charge in [-0.05, 0) is 30.4 Å². The SMILES string of the molecule is CCc1ccc(-c2csc(NC(=O)Cn3nc(CC)c(CC)c(C#N)c3=O)n2)cc1. The molecule has 0 spiro atoms. The Morgan fingerprint density at radius 3 is 2.50 bits per heavy atom. The lowest BCUT2D eigenvalue weighted by molar-refractivity contribution is -0.117. The number of carbonyl (C=O) groups is 1. The second-order valence-electron chi connectivity index (χ2n) is 6.72. The normalized spacial score (nSPS) is 10.6. The number of benzene rings is 1. The van der Waals surface area contributed by atoms with Crippen molar-refractivity contribution in [3.8, 4) is 17.3 Å². The van der Waals surface area contributed by atoms with Gasteiger partial charge < -0.3 is 5.32 Å². The summed E-state index contributed by atoms with van der Waals surface area (Å²) in [4.78, 5) is 29.5. The zero-order chi connectivity index (χ0) is 21.7. The number of hydrogen-bond donors (Lipinski definition) is 1. The minimum atomic E-state index is -0.544. The van der Waals surface area contributed by atoms with E-state index in [0.717, 1.165) is 22.4 Å². The van der Waals surface area contributed by atoms with E-state index in [1.165, 1.54) is 16.9 Å². The third-order valence-corrected chi connectivity index (χ3v) is 5.60. The first kappa shape index (κ1) is 21.4. The summed E-state index contributed by atoms with van der Waals surface area (Å²) < 4.78 is 1.06. The highest BCUT2D eigenvalue weighted by Gasteiger charge is 2.17. The van der Waals surface area contributed by atoms with Gasteiger partial charge in [-0.15, -0.1) is 11.3 Å². The van der Waals surface area contributed by atoms with Gasteiger partial charge in [0.15, 0.2) is 5.13 Å². The molecular weight excluding hydrogens is 398 g/mol. The Balaban J connectivity index is 1.77. The molecule has 0 unspecified atom stereocenters. The number of thiazole rings is 1. The van der Waals surface area contributed by atoms with E-state index >= 15 is 0 Å². The van der Waals surface area contributed by atoms with Crippen molar-refractivity contribution in [2.75, 3.05) is 5.32 Å². The maximum atomic E-state index is 12.6. The van der Waals surface area contributed by atoms with Crippen molar-refractivity contribution in [2.45, 2.75) is 46.6 Å². The van der Waals surface area contributed by atoms with Crippen molar-refractivity contribution in [3.05, 3.63) is 62.4 Å². The van der Waals surface area contributed by atoms with Crippen LogP contribution in [0.5, 0.6) is 0 Å². The summed E-state index contributed by atoms with van der Waals surface area (Å²) >= 11 is 1.32. The number of nitrogens with one attached hydrogen (secondary N) is 1. The van der Waals surface area contributed by atoms with Gasteiger partial charge in [-0.1, -0.05) is 45.0 Å². The summed E-state index contributed by atoms with van der Waals surface area (Å²) in [5.41, 5.74) is 3.83. The van der Waals surface area contributed by atoms with Crippen LogP contribution in [0.25, 0.3) is 11.3 Å². The fourth-order valence-corrected chi connectivity index (χ4v) is 3.95. The van der Waals surface area contributed by atoms with E-state index in [0.29, 0.717) is 29.2 Å². The average molecular weight is 422 g/mol. The lowest BCUT2D eigenvalue weighted by atomic mass is 10.0. The highest BCUT2D eigenvalue weighted by molar-refractivity contribution is 7.14. The average Bonchev–Trinajstić information content (AvgIpc) is 3.22. The Morgan fingerprint density at radius 2 is 1.90 bits per heavy atom. The number of hydrogen-bond acceptors (Lipinski definition) is 6. The van der Waals surface area contributed by atoms with Gasteiger partial charge in [-0.2, -0.15) is 10.4 Å². The Bertz CT molecular complexity index is 1160. The quantitative estimate of drug-likeness (QED) is 0.629. The van der Waals surface area contributed by atoms with Crippen molar-refractivity contribution < 1.29 is 4.79 Å². The molecule has 3 aromatic rings. The van der Waals surface area contributed by atoms with Gasteiger partial charge in [-0.3, -0.25) is 9.59 Å². The van der Waals surface area contributed by atoms with Gasteiger partial charge in [0, 0.05) is 10.9 Å². The van der Waals surface area contributed by atoms with Crippen molar-refractivity contribution in [1.82, 2.24) is 14.8 Å². The third-order valence-electron chi connectivity index (χ3n) is 4.84. The van der Waals surface area contributed by atoms with E-state index < -0.39 is 11.5 Å². The maximum Gasteiger partial charge on any atom is 0.285 e. The van der Waals surface area contributed by atoms with Crippen LogP contribution < -0.4 is 10.9 Å². The van der Waals surface area contributed by atoms with Crippen LogP contribution in [0.3, 0.4) is 0 Å². The second-order valence-corrected chi connectivity index (χ2v) is 7.58. The summed E-state index contributed by atoms with van der Waals surface area (Å²) in [6.45, 7) is 5.61. The van der Waals surface area contributed by atoms with Gasteiger partial charge in [0.25, 0.3) is 5.56 Å². The van der Waals surface area contributed by atoms with Crippen LogP contribution in [0.4, 0.5) is 5.13 Å². The Morgan fingerprint density at radius 1 is 1.17 bits per heavy atom. The fraction of sp³-hybridized carbons (Fsp3) is 0.318. The fourth-order valence-electron chi connectivity index (χ4n) is 3.21. The van der Waals surface area contributed by atoms with Gasteiger partial charge in [0.2, 0.25) is 5.91 Å². The molecule has 1 amide bonds. The van der Waals surface area contributed by atoms with E-state index in [2.05, 4.69) is 34.5 Å². The molecule has 2 heterocycles. The monoisotopic (exact) mass is 421 g/mol. The van der Waals surface area contributed by atoms with Crippen LogP contribution in [0.1, 0.15) is 43.2 Å². The minimum Gasteiger partial charge on any atom is -0.300 e. The standard InChI is InChI=1S/C22H23N5O2S/c1-4-14-7-9-15(10-8-14)19-13-30-22(24-19)25-20(28)12-27-21(29)17(11-23)16(5-2)18(6-3)26-27/h7-10,13H,4-6,12H2,1-3H3,(H,24,25,28). The van der Waals surface area contributed by atoms with Gasteiger partial charge in [0.05, 0.1) is 11.4 Å². The summed E-state index contributed by atoms with van der Waals surface area (Å²) in [6, 6.07) is 10.1. The van der Waals surface area contributed by atoms with Gasteiger partial charge in [0.1, 0.15) is 18.2 Å². The minimum absolute atomic E-state index is 0.0595. The second kappa shape index (κ2) is 9.46. The Hall–Kier alpha value is -3.31. The van der Waals surface area contributed by atoms with Crippen LogP contribution in [-0.2, 0) is 30.6 Å². The van der Waals surface area contributed by atoms with Crippen LogP contribution in [0.15, 0.2) is 34.4 Å². The van der Waals surface area contributed by atoms with Crippen molar-refractivity contribution >= 4 is 22.4 Å². The molecule has 7 nitrogen and oxygen atoms in total. The highest BCUT2D eigenvalue weighted by atomic mass is 32.1. The molecule has 30 heavy (non-hydrogen) atoms. The maximum absolute atomic E-state index is 12.6. The molecule has 0 saturated carbocycles. The molecule has 3 rings (SSSR count). The summed E-state index contributed by atoms with van der Waals surface area (Å²) in [5, 5.41) is 18.7. The lowest BCUT2D eigenvalue weighted by Gasteiger charge is -2.11. The van der Waals surface area contributed by atoms with E-state index in [1.807, 2.05) is 37.4 Å². The van der Waals surface area contributed by atoms with Gasteiger partial charge >= 0.3 is 0 Å². The third kappa shape index (κ3) is 4.47. The van der Waals surface area contributed by atoms with E-state index in [1.54, 1.807) is 0 Å². The molecule has 0 saturated heterocycles. The largest absolute Gasteiger partial charge is 0.300 e. The van der Waals surface area contributed by atoms with Crippen molar-refractivity contribution in [3.63, 3.8) is 0 Å². The molecule has 2 aromatic heterocycles. The van der Waals surface area contributed by atoms with Gasteiger partial charge in [-0.25, -0.2) is 9.67 Å². The number of nitrogens with zero attached hydrogens (tertiary/aromatic N) is 4. The van der Waals surface area contributed by atoms with Crippen LogP contribution >= 0.6 is 11.3 Å². The van der Waals surface area contributed by atoms with Crippen LogP contribution in [-0.4, -0.2) is 20.7 Å². The van der Waals surface area contributed by atoms with E-state index in [-0.39, 0.29) is 12.1 Å². The zero-order valence-corrected chi connectivity index (χ0v) is 18.0. The van der Waals surface area contributed by atoms with E-state index in [4.69, 9.17) is 0 Å². The number of aromatic nitrogens is 3. The number of carbonyl (C=O) groups excluding carboxylic acids is 1. The molecule has 1 N–H and O–H groups in total. The molecule has 0 aliphatic carbocycles. The van der Waals surface area contributed by atoms with E-state index in [9.17, 15) is 14.9 Å². The predicted molar refractivity (Wildman–Crippen MR) is 118 cm³/mol. The number of rotatable bonds is 7. The lowest BCUT2D eigenvalue weighted by Crippen LogP contribution is -2.33. The summed E-state index contributed by atoms with van der Waals surface area (Å²) in [6.07, 6.45) is 2.09. The molecule has 8 heteroatoms. The molecule has 1 aromatic carbocycles. The Kier molecular flexibility index (Phi) is 6.75. The number of amides is 1. The smallest absolute Gasteiger partial charge is 0.285 e. The first-order valence-electron chi connectivity index (χ1n) is 9.88. The molecule has 154 valence electrons. The van der Waals surface area contributed by atoms with Crippen molar-refractivity contribution in [2.24, 2.45) is 0 Å². The van der Waals surface area contributed by atoms with Crippen LogP contribution in [0.2, 0.25) is 0 Å². The topological polar surface area (TPSA) is 101 Å².